The topological polar surface area (TPSA) is 86.7 Å². The van der Waals surface area contributed by atoms with E-state index >= 15 is 0 Å². The molecular weight excluding hydrogens is 340 g/mol. The number of hydrogen-bond acceptors (Lipinski definition) is 4. The van der Waals surface area contributed by atoms with Crippen LogP contribution >= 0.6 is 0 Å². The van der Waals surface area contributed by atoms with E-state index in [0.29, 0.717) is 18.7 Å². The van der Waals surface area contributed by atoms with E-state index in [4.69, 9.17) is 0 Å². The van der Waals surface area contributed by atoms with Gasteiger partial charge in [0.25, 0.3) is 5.91 Å². The average molecular weight is 362 g/mol. The molecule has 0 aliphatic carbocycles. The Bertz CT molecular complexity index is 874. The lowest BCUT2D eigenvalue weighted by molar-refractivity contribution is 0.102. The number of nitrogens with zero attached hydrogens (tertiary/aromatic N) is 1. The summed E-state index contributed by atoms with van der Waals surface area (Å²) in [5.74, 6) is -0.545. The summed E-state index contributed by atoms with van der Waals surface area (Å²) in [5, 5.41) is 12.3. The van der Waals surface area contributed by atoms with Gasteiger partial charge in [-0.15, -0.1) is 0 Å². The molecule has 0 bridgehead atoms. The van der Waals surface area contributed by atoms with Crippen molar-refractivity contribution in [3.05, 3.63) is 53.6 Å². The van der Waals surface area contributed by atoms with Gasteiger partial charge in [-0.2, -0.15) is 4.31 Å². The molecule has 0 heterocycles. The average Bonchev–Trinajstić information content (AvgIpc) is 2.58. The number of sulfonamides is 1. The Morgan fingerprint density at radius 1 is 1.12 bits per heavy atom. The number of phenolic OH excluding ortho intramolecular Hbond substituents is 1. The number of carbonyl (C=O) groups excluding carboxylic acids is 1. The maximum Gasteiger partial charge on any atom is 0.255 e. The van der Waals surface area contributed by atoms with Crippen LogP contribution in [0, 0.1) is 6.92 Å². The van der Waals surface area contributed by atoms with E-state index in [-0.39, 0.29) is 21.9 Å². The molecular formula is C18H22N2O4S. The Morgan fingerprint density at radius 3 is 2.36 bits per heavy atom. The number of aromatic hydroxyl groups is 1. The minimum Gasteiger partial charge on any atom is -0.506 e. The zero-order valence-corrected chi connectivity index (χ0v) is 15.3. The van der Waals surface area contributed by atoms with Crippen LogP contribution in [-0.4, -0.2) is 36.8 Å². The monoisotopic (exact) mass is 362 g/mol. The fourth-order valence-electron chi connectivity index (χ4n) is 2.50. The van der Waals surface area contributed by atoms with Crippen LogP contribution in [0.2, 0.25) is 0 Å². The van der Waals surface area contributed by atoms with Gasteiger partial charge in [0.15, 0.2) is 0 Å². The first-order valence-electron chi connectivity index (χ1n) is 8.01. The maximum atomic E-state index is 12.8. The number of phenols is 1. The zero-order chi connectivity index (χ0) is 18.6. The SMILES string of the molecule is CCN(CC)S(=O)(=O)c1cc(C(=O)Nc2ccccc2O)ccc1C. The van der Waals surface area contributed by atoms with Crippen molar-refractivity contribution in [1.82, 2.24) is 4.31 Å². The van der Waals surface area contributed by atoms with E-state index in [9.17, 15) is 18.3 Å². The molecule has 0 fully saturated rings. The van der Waals surface area contributed by atoms with Gasteiger partial charge in [-0.3, -0.25) is 4.79 Å². The smallest absolute Gasteiger partial charge is 0.255 e. The second-order valence-electron chi connectivity index (χ2n) is 5.54. The van der Waals surface area contributed by atoms with Crippen LogP contribution in [0.4, 0.5) is 5.69 Å². The van der Waals surface area contributed by atoms with Crippen molar-refractivity contribution in [2.24, 2.45) is 0 Å². The molecule has 25 heavy (non-hydrogen) atoms. The molecule has 0 spiro atoms. The second-order valence-corrected chi connectivity index (χ2v) is 7.45. The van der Waals surface area contributed by atoms with E-state index in [1.165, 1.54) is 16.4 Å². The number of anilines is 1. The molecule has 0 aliphatic heterocycles. The first kappa shape index (κ1) is 19.0. The van der Waals surface area contributed by atoms with Crippen molar-refractivity contribution >= 4 is 21.6 Å². The van der Waals surface area contributed by atoms with Crippen molar-refractivity contribution < 1.29 is 18.3 Å². The zero-order valence-electron chi connectivity index (χ0n) is 14.5. The lowest BCUT2D eigenvalue weighted by atomic mass is 10.1. The molecule has 6 nitrogen and oxygen atoms in total. The van der Waals surface area contributed by atoms with Crippen molar-refractivity contribution in [2.45, 2.75) is 25.7 Å². The summed E-state index contributed by atoms with van der Waals surface area (Å²) in [7, 11) is -3.66. The molecule has 134 valence electrons. The standard InChI is InChI=1S/C18H22N2O4S/c1-4-20(5-2)25(23,24)17-12-14(11-10-13(17)3)18(22)19-15-8-6-7-9-16(15)21/h6-12,21H,4-5H2,1-3H3,(H,19,22). The van der Waals surface area contributed by atoms with E-state index < -0.39 is 15.9 Å². The van der Waals surface area contributed by atoms with E-state index in [1.807, 2.05) is 0 Å². The van der Waals surface area contributed by atoms with Crippen molar-refractivity contribution in [3.8, 4) is 5.75 Å². The largest absolute Gasteiger partial charge is 0.506 e. The van der Waals surface area contributed by atoms with Gasteiger partial charge in [0.2, 0.25) is 10.0 Å². The van der Waals surface area contributed by atoms with Gasteiger partial charge in [-0.05, 0) is 36.8 Å². The summed E-state index contributed by atoms with van der Waals surface area (Å²) >= 11 is 0. The lowest BCUT2D eigenvalue weighted by Gasteiger charge is -2.20. The van der Waals surface area contributed by atoms with Crippen LogP contribution in [0.15, 0.2) is 47.4 Å². The number of rotatable bonds is 6. The summed E-state index contributed by atoms with van der Waals surface area (Å²) < 4.78 is 26.9. The Hall–Kier alpha value is -2.38. The van der Waals surface area contributed by atoms with E-state index in [0.717, 1.165) is 0 Å². The Kier molecular flexibility index (Phi) is 5.81. The molecule has 0 saturated heterocycles. The number of carbonyl (C=O) groups is 1. The molecule has 7 heteroatoms. The third-order valence-corrected chi connectivity index (χ3v) is 6.12. The number of hydrogen-bond donors (Lipinski definition) is 2. The minimum atomic E-state index is -3.66. The maximum absolute atomic E-state index is 12.8. The van der Waals surface area contributed by atoms with Gasteiger partial charge >= 0.3 is 0 Å². The van der Waals surface area contributed by atoms with Gasteiger partial charge in [0.05, 0.1) is 10.6 Å². The van der Waals surface area contributed by atoms with Gasteiger partial charge in [0, 0.05) is 18.7 Å². The number of benzene rings is 2. The third-order valence-electron chi connectivity index (χ3n) is 3.93. The minimum absolute atomic E-state index is 0.0565. The summed E-state index contributed by atoms with van der Waals surface area (Å²) in [6.45, 7) is 5.94. The van der Waals surface area contributed by atoms with E-state index in [1.54, 1.807) is 51.1 Å². The number of para-hydroxylation sites is 2. The van der Waals surface area contributed by atoms with Crippen LogP contribution in [0.3, 0.4) is 0 Å². The van der Waals surface area contributed by atoms with Gasteiger partial charge in [-0.25, -0.2) is 8.42 Å². The Balaban J connectivity index is 2.39. The molecule has 2 aromatic carbocycles. The quantitative estimate of drug-likeness (QED) is 0.774. The predicted octanol–water partition coefficient (Wildman–Crippen LogP) is 2.98. The lowest BCUT2D eigenvalue weighted by Crippen LogP contribution is -2.31. The molecule has 1 amide bonds. The number of amides is 1. The molecule has 2 aromatic rings. The van der Waals surface area contributed by atoms with Crippen LogP contribution in [0.5, 0.6) is 5.75 Å². The van der Waals surface area contributed by atoms with Gasteiger partial charge in [-0.1, -0.05) is 32.0 Å². The highest BCUT2D eigenvalue weighted by Gasteiger charge is 2.24. The van der Waals surface area contributed by atoms with Crippen LogP contribution in [0.1, 0.15) is 29.8 Å². The summed E-state index contributed by atoms with van der Waals surface area (Å²) in [5.41, 5.74) is 1.05. The molecule has 0 radical (unpaired) electrons. The van der Waals surface area contributed by atoms with Crippen molar-refractivity contribution in [2.75, 3.05) is 18.4 Å². The third kappa shape index (κ3) is 4.00. The molecule has 0 atom stereocenters. The van der Waals surface area contributed by atoms with Gasteiger partial charge in [0.1, 0.15) is 5.75 Å². The fourth-order valence-corrected chi connectivity index (χ4v) is 4.20. The molecule has 2 N–H and O–H groups in total. The fraction of sp³-hybridized carbons (Fsp3) is 0.278. The highest BCUT2D eigenvalue weighted by atomic mass is 32.2. The highest BCUT2D eigenvalue weighted by molar-refractivity contribution is 7.89. The molecule has 0 aliphatic rings. The second kappa shape index (κ2) is 7.67. The number of nitrogens with one attached hydrogen (secondary N) is 1. The molecule has 2 rings (SSSR count). The van der Waals surface area contributed by atoms with Crippen LogP contribution < -0.4 is 5.32 Å². The first-order chi connectivity index (χ1) is 11.8. The molecule has 0 saturated carbocycles. The van der Waals surface area contributed by atoms with Crippen LogP contribution in [0.25, 0.3) is 0 Å². The summed E-state index contributed by atoms with van der Waals surface area (Å²) in [6.07, 6.45) is 0. The Morgan fingerprint density at radius 2 is 1.76 bits per heavy atom. The number of aryl methyl sites for hydroxylation is 1. The van der Waals surface area contributed by atoms with Crippen LogP contribution in [-0.2, 0) is 10.0 Å². The first-order valence-corrected chi connectivity index (χ1v) is 9.45. The summed E-state index contributed by atoms with van der Waals surface area (Å²) in [4.78, 5) is 12.5. The van der Waals surface area contributed by atoms with Crippen molar-refractivity contribution in [1.29, 1.82) is 0 Å². The highest BCUT2D eigenvalue weighted by Crippen LogP contribution is 2.24. The molecule has 0 aromatic heterocycles. The summed E-state index contributed by atoms with van der Waals surface area (Å²) in [6, 6.07) is 10.9. The Labute approximate surface area is 148 Å². The van der Waals surface area contributed by atoms with Gasteiger partial charge < -0.3 is 10.4 Å². The van der Waals surface area contributed by atoms with E-state index in [2.05, 4.69) is 5.32 Å². The predicted molar refractivity (Wildman–Crippen MR) is 97.3 cm³/mol. The normalized spacial score (nSPS) is 11.5. The molecule has 0 unspecified atom stereocenters. The van der Waals surface area contributed by atoms with Crippen molar-refractivity contribution in [3.63, 3.8) is 0 Å².